The second kappa shape index (κ2) is 5.09. The quantitative estimate of drug-likeness (QED) is 0.628. The molecule has 0 unspecified atom stereocenters. The molecule has 17 heavy (non-hydrogen) atoms. The summed E-state index contributed by atoms with van der Waals surface area (Å²) in [6, 6.07) is 3.08. The largest absolute Gasteiger partial charge is 0.351 e. The summed E-state index contributed by atoms with van der Waals surface area (Å²) in [6.45, 7) is 2.19. The second-order valence-electron chi connectivity index (χ2n) is 4.29. The standard InChI is InChI=1S/C11H16N4O2/c12-7-9-3-2-6-14(8-9)11-10(15(16)17)4-1-5-13-11/h1,4-5,9H,2-3,6-8,12H2/t9-/m0/s1. The molecule has 2 heterocycles. The molecule has 0 bridgehead atoms. The Balaban J connectivity index is 2.24. The molecule has 1 aliphatic rings. The summed E-state index contributed by atoms with van der Waals surface area (Å²) < 4.78 is 0. The summed E-state index contributed by atoms with van der Waals surface area (Å²) in [5.41, 5.74) is 5.73. The van der Waals surface area contributed by atoms with Crippen LogP contribution in [0.5, 0.6) is 0 Å². The van der Waals surface area contributed by atoms with Gasteiger partial charge in [-0.1, -0.05) is 0 Å². The van der Waals surface area contributed by atoms with Crippen molar-refractivity contribution < 1.29 is 4.92 Å². The van der Waals surface area contributed by atoms with E-state index in [-0.39, 0.29) is 10.6 Å². The molecule has 0 saturated carbocycles. The Morgan fingerprint density at radius 2 is 2.47 bits per heavy atom. The van der Waals surface area contributed by atoms with Crippen LogP contribution >= 0.6 is 0 Å². The molecule has 6 nitrogen and oxygen atoms in total. The summed E-state index contributed by atoms with van der Waals surface area (Å²) in [6.07, 6.45) is 3.69. The first-order chi connectivity index (χ1) is 8.22. The topological polar surface area (TPSA) is 85.3 Å². The number of aromatic nitrogens is 1. The van der Waals surface area contributed by atoms with E-state index in [2.05, 4.69) is 4.98 Å². The van der Waals surface area contributed by atoms with Crippen molar-refractivity contribution in [2.45, 2.75) is 12.8 Å². The maximum Gasteiger partial charge on any atom is 0.311 e. The van der Waals surface area contributed by atoms with Crippen molar-refractivity contribution in [1.29, 1.82) is 0 Å². The SMILES string of the molecule is NC[C@@H]1CCCN(c2ncccc2[N+](=O)[O-])C1. The molecule has 1 atom stereocenters. The molecule has 1 aliphatic heterocycles. The first kappa shape index (κ1) is 11.8. The van der Waals surface area contributed by atoms with E-state index >= 15 is 0 Å². The van der Waals surface area contributed by atoms with Crippen LogP contribution in [0.25, 0.3) is 0 Å². The number of nitrogens with zero attached hydrogens (tertiary/aromatic N) is 3. The zero-order valence-corrected chi connectivity index (χ0v) is 9.58. The van der Waals surface area contributed by atoms with Gasteiger partial charge in [0.1, 0.15) is 0 Å². The molecule has 0 aliphatic carbocycles. The number of hydrogen-bond acceptors (Lipinski definition) is 5. The Bertz CT molecular complexity index is 410. The van der Waals surface area contributed by atoms with E-state index in [4.69, 9.17) is 5.73 Å². The normalized spacial score (nSPS) is 20.3. The Kier molecular flexibility index (Phi) is 3.53. The zero-order chi connectivity index (χ0) is 12.3. The molecule has 1 aromatic heterocycles. The van der Waals surface area contributed by atoms with Crippen molar-refractivity contribution in [1.82, 2.24) is 4.98 Å². The Morgan fingerprint density at radius 3 is 3.18 bits per heavy atom. The van der Waals surface area contributed by atoms with E-state index in [9.17, 15) is 10.1 Å². The van der Waals surface area contributed by atoms with Gasteiger partial charge in [0.05, 0.1) is 4.92 Å². The number of nitro groups is 1. The first-order valence-electron chi connectivity index (χ1n) is 5.76. The Morgan fingerprint density at radius 1 is 1.65 bits per heavy atom. The highest BCUT2D eigenvalue weighted by Crippen LogP contribution is 2.28. The van der Waals surface area contributed by atoms with Crippen LogP contribution < -0.4 is 10.6 Å². The van der Waals surface area contributed by atoms with Gasteiger partial charge in [0.2, 0.25) is 5.82 Å². The average Bonchev–Trinajstić information content (AvgIpc) is 2.39. The van der Waals surface area contributed by atoms with E-state index in [0.29, 0.717) is 18.3 Å². The van der Waals surface area contributed by atoms with Crippen molar-refractivity contribution in [2.24, 2.45) is 11.7 Å². The van der Waals surface area contributed by atoms with Crippen LogP contribution in [0.2, 0.25) is 0 Å². The van der Waals surface area contributed by atoms with E-state index in [0.717, 1.165) is 25.9 Å². The van der Waals surface area contributed by atoms with Gasteiger partial charge in [-0.15, -0.1) is 0 Å². The lowest BCUT2D eigenvalue weighted by molar-refractivity contribution is -0.384. The van der Waals surface area contributed by atoms with Crippen molar-refractivity contribution in [2.75, 3.05) is 24.5 Å². The molecule has 2 rings (SSSR count). The monoisotopic (exact) mass is 236 g/mol. The number of piperidine rings is 1. The lowest BCUT2D eigenvalue weighted by Crippen LogP contribution is -2.39. The van der Waals surface area contributed by atoms with Crippen LogP contribution in [0, 0.1) is 16.0 Å². The van der Waals surface area contributed by atoms with Gasteiger partial charge in [-0.2, -0.15) is 0 Å². The summed E-state index contributed by atoms with van der Waals surface area (Å²) in [7, 11) is 0. The molecule has 92 valence electrons. The summed E-state index contributed by atoms with van der Waals surface area (Å²) in [5, 5.41) is 10.9. The van der Waals surface area contributed by atoms with Crippen molar-refractivity contribution in [3.8, 4) is 0 Å². The maximum absolute atomic E-state index is 10.9. The zero-order valence-electron chi connectivity index (χ0n) is 9.58. The maximum atomic E-state index is 10.9. The van der Waals surface area contributed by atoms with Crippen LogP contribution in [-0.2, 0) is 0 Å². The van der Waals surface area contributed by atoms with E-state index in [1.165, 1.54) is 6.07 Å². The summed E-state index contributed by atoms with van der Waals surface area (Å²) in [5.74, 6) is 0.876. The minimum Gasteiger partial charge on any atom is -0.351 e. The van der Waals surface area contributed by atoms with Gasteiger partial charge in [0.25, 0.3) is 0 Å². The smallest absolute Gasteiger partial charge is 0.311 e. The van der Waals surface area contributed by atoms with Gasteiger partial charge >= 0.3 is 5.69 Å². The lowest BCUT2D eigenvalue weighted by atomic mass is 9.98. The van der Waals surface area contributed by atoms with Crippen molar-refractivity contribution >= 4 is 11.5 Å². The van der Waals surface area contributed by atoms with E-state index in [1.807, 2.05) is 4.90 Å². The first-order valence-corrected chi connectivity index (χ1v) is 5.76. The van der Waals surface area contributed by atoms with Crippen molar-refractivity contribution in [3.63, 3.8) is 0 Å². The number of pyridine rings is 1. The molecule has 1 fully saturated rings. The molecule has 0 spiro atoms. The third-order valence-corrected chi connectivity index (χ3v) is 3.11. The molecule has 1 saturated heterocycles. The van der Waals surface area contributed by atoms with Crippen LogP contribution in [-0.4, -0.2) is 29.5 Å². The predicted octanol–water partition coefficient (Wildman–Crippen LogP) is 1.16. The van der Waals surface area contributed by atoms with Gasteiger partial charge < -0.3 is 10.6 Å². The average molecular weight is 236 g/mol. The molecule has 0 aromatic carbocycles. The minimum atomic E-state index is -0.381. The third kappa shape index (κ3) is 2.52. The highest BCUT2D eigenvalue weighted by molar-refractivity contribution is 5.57. The van der Waals surface area contributed by atoms with E-state index < -0.39 is 0 Å². The summed E-state index contributed by atoms with van der Waals surface area (Å²) >= 11 is 0. The highest BCUT2D eigenvalue weighted by atomic mass is 16.6. The fraction of sp³-hybridized carbons (Fsp3) is 0.545. The van der Waals surface area contributed by atoms with Gasteiger partial charge in [0.15, 0.2) is 0 Å². The molecular weight excluding hydrogens is 220 g/mol. The summed E-state index contributed by atoms with van der Waals surface area (Å²) in [4.78, 5) is 16.7. The van der Waals surface area contributed by atoms with Gasteiger partial charge in [0, 0.05) is 25.4 Å². The fourth-order valence-electron chi connectivity index (χ4n) is 2.22. The minimum absolute atomic E-state index is 0.0742. The lowest BCUT2D eigenvalue weighted by Gasteiger charge is -2.32. The van der Waals surface area contributed by atoms with Crippen LogP contribution in [0.15, 0.2) is 18.3 Å². The highest BCUT2D eigenvalue weighted by Gasteiger charge is 2.25. The Labute approximate surface area is 99.6 Å². The Hall–Kier alpha value is -1.69. The van der Waals surface area contributed by atoms with E-state index in [1.54, 1.807) is 12.3 Å². The van der Waals surface area contributed by atoms with Crippen LogP contribution in [0.3, 0.4) is 0 Å². The van der Waals surface area contributed by atoms with Crippen LogP contribution in [0.1, 0.15) is 12.8 Å². The van der Waals surface area contributed by atoms with Crippen molar-refractivity contribution in [3.05, 3.63) is 28.4 Å². The molecule has 6 heteroatoms. The van der Waals surface area contributed by atoms with Crippen LogP contribution in [0.4, 0.5) is 11.5 Å². The van der Waals surface area contributed by atoms with Gasteiger partial charge in [-0.05, 0) is 31.4 Å². The second-order valence-corrected chi connectivity index (χ2v) is 4.29. The van der Waals surface area contributed by atoms with Gasteiger partial charge in [-0.25, -0.2) is 4.98 Å². The third-order valence-electron chi connectivity index (χ3n) is 3.11. The predicted molar refractivity (Wildman–Crippen MR) is 64.9 cm³/mol. The molecule has 2 N–H and O–H groups in total. The molecule has 1 aromatic rings. The number of rotatable bonds is 3. The fourth-order valence-corrected chi connectivity index (χ4v) is 2.22. The number of anilines is 1. The molecule has 0 amide bonds. The molecular formula is C11H16N4O2. The molecule has 0 radical (unpaired) electrons. The van der Waals surface area contributed by atoms with Gasteiger partial charge in [-0.3, -0.25) is 10.1 Å². The number of hydrogen-bond donors (Lipinski definition) is 1. The number of nitrogens with two attached hydrogens (primary N) is 1.